The fourth-order valence-corrected chi connectivity index (χ4v) is 5.80. The maximum atomic E-state index is 14.3. The number of aromatic nitrogens is 1. The Bertz CT molecular complexity index is 1100. The van der Waals surface area contributed by atoms with Gasteiger partial charge in [0.05, 0.1) is 12.0 Å². The Hall–Kier alpha value is -2.74. The summed E-state index contributed by atoms with van der Waals surface area (Å²) in [5, 5.41) is 2.37. The molecule has 1 aromatic carbocycles. The highest BCUT2D eigenvalue weighted by atomic mass is 32.1. The minimum atomic E-state index is -1.36. The van der Waals surface area contributed by atoms with Crippen LogP contribution in [0.25, 0.3) is 0 Å². The molecule has 0 bridgehead atoms. The summed E-state index contributed by atoms with van der Waals surface area (Å²) in [6.07, 6.45) is 2.06. The summed E-state index contributed by atoms with van der Waals surface area (Å²) >= 11 is 1.34. The number of thiazole rings is 1. The van der Waals surface area contributed by atoms with E-state index in [1.165, 1.54) is 11.3 Å². The fourth-order valence-electron chi connectivity index (χ4n) is 5.01. The lowest BCUT2D eigenvalue weighted by Crippen LogP contribution is -2.56. The number of carbonyl (C=O) groups is 3. The highest BCUT2D eigenvalue weighted by Gasteiger charge is 2.62. The van der Waals surface area contributed by atoms with Crippen molar-refractivity contribution in [3.8, 4) is 0 Å². The van der Waals surface area contributed by atoms with Gasteiger partial charge in [0.2, 0.25) is 5.91 Å². The van der Waals surface area contributed by atoms with Crippen LogP contribution in [0.4, 0.5) is 0 Å². The zero-order valence-electron chi connectivity index (χ0n) is 22.6. The van der Waals surface area contributed by atoms with E-state index in [0.29, 0.717) is 17.0 Å². The maximum absolute atomic E-state index is 14.3. The van der Waals surface area contributed by atoms with Gasteiger partial charge in [0, 0.05) is 17.1 Å². The van der Waals surface area contributed by atoms with Crippen molar-refractivity contribution in [1.82, 2.24) is 9.88 Å². The first-order chi connectivity index (χ1) is 16.6. The van der Waals surface area contributed by atoms with Crippen LogP contribution in [0.15, 0.2) is 35.8 Å². The van der Waals surface area contributed by atoms with Gasteiger partial charge in [0.1, 0.15) is 16.1 Å². The number of esters is 1. The summed E-state index contributed by atoms with van der Waals surface area (Å²) < 4.78 is 5.90. The summed E-state index contributed by atoms with van der Waals surface area (Å²) in [5.74, 6) is -2.16. The van der Waals surface area contributed by atoms with Crippen LogP contribution in [0, 0.1) is 11.8 Å². The minimum absolute atomic E-state index is 0.0413. The number of likely N-dealkylation sites (tertiary alicyclic amines) is 1. The van der Waals surface area contributed by atoms with Gasteiger partial charge in [-0.2, -0.15) is 0 Å². The van der Waals surface area contributed by atoms with Gasteiger partial charge in [-0.25, -0.2) is 9.78 Å². The molecule has 1 saturated heterocycles. The number of carbonyl (C=O) groups excluding carboxylic acids is 3. The molecule has 1 aliphatic rings. The van der Waals surface area contributed by atoms with Crippen LogP contribution in [0.2, 0.25) is 0 Å². The zero-order chi connectivity index (χ0) is 27.1. The van der Waals surface area contributed by atoms with Crippen LogP contribution in [-0.4, -0.2) is 38.8 Å². The van der Waals surface area contributed by atoms with Crippen molar-refractivity contribution < 1.29 is 19.1 Å². The molecule has 2 heterocycles. The van der Waals surface area contributed by atoms with Gasteiger partial charge >= 0.3 is 5.97 Å². The molecular weight excluding hydrogens is 474 g/mol. The molecule has 7 nitrogen and oxygen atoms in total. The lowest BCUT2D eigenvalue weighted by Gasteiger charge is -2.41. The SMILES string of the molecule is CC(C)C[C@@]1(C(=O)OC(C)(C)C)C[C@H](C(N)=O)[C@H](c2nccs2)N1C(=O)c1ccc(C(C)(C)C)cc1. The average Bonchev–Trinajstić information content (AvgIpc) is 3.37. The molecular formula is C28H39N3O4S. The number of ether oxygens (including phenoxy) is 1. The molecule has 2 aromatic rings. The number of nitrogens with two attached hydrogens (primary N) is 1. The number of hydrogen-bond donors (Lipinski definition) is 1. The molecule has 0 radical (unpaired) electrons. The van der Waals surface area contributed by atoms with Gasteiger partial charge in [-0.05, 0) is 62.6 Å². The van der Waals surface area contributed by atoms with Crippen LogP contribution in [-0.2, 0) is 19.7 Å². The summed E-state index contributed by atoms with van der Waals surface area (Å²) in [6, 6.07) is 6.68. The number of benzene rings is 1. The molecule has 0 aliphatic carbocycles. The Labute approximate surface area is 218 Å². The van der Waals surface area contributed by atoms with E-state index in [1.807, 2.05) is 26.0 Å². The summed E-state index contributed by atoms with van der Waals surface area (Å²) in [6.45, 7) is 15.7. The van der Waals surface area contributed by atoms with Crippen molar-refractivity contribution in [3.63, 3.8) is 0 Å². The highest BCUT2D eigenvalue weighted by Crippen LogP contribution is 2.51. The third-order valence-electron chi connectivity index (χ3n) is 6.49. The predicted octanol–water partition coefficient (Wildman–Crippen LogP) is 5.26. The van der Waals surface area contributed by atoms with Crippen LogP contribution in [0.3, 0.4) is 0 Å². The van der Waals surface area contributed by atoms with Crippen molar-refractivity contribution in [2.24, 2.45) is 17.6 Å². The van der Waals surface area contributed by atoms with Crippen molar-refractivity contribution in [1.29, 1.82) is 0 Å². The van der Waals surface area contributed by atoms with Gasteiger partial charge in [-0.3, -0.25) is 9.59 Å². The van der Waals surface area contributed by atoms with E-state index in [0.717, 1.165) is 5.56 Å². The lowest BCUT2D eigenvalue weighted by molar-refractivity contribution is -0.168. The first kappa shape index (κ1) is 27.8. The molecule has 0 saturated carbocycles. The van der Waals surface area contributed by atoms with Crippen molar-refractivity contribution >= 4 is 29.1 Å². The van der Waals surface area contributed by atoms with Crippen LogP contribution in [0.5, 0.6) is 0 Å². The van der Waals surface area contributed by atoms with Gasteiger partial charge in [-0.1, -0.05) is 46.8 Å². The number of rotatable bonds is 6. The number of hydrogen-bond acceptors (Lipinski definition) is 6. The number of amides is 2. The molecule has 0 spiro atoms. The van der Waals surface area contributed by atoms with E-state index in [2.05, 4.69) is 25.8 Å². The number of nitrogens with zero attached hydrogens (tertiary/aromatic N) is 2. The second-order valence-corrected chi connectivity index (χ2v) is 13.1. The monoisotopic (exact) mass is 513 g/mol. The van der Waals surface area contributed by atoms with Crippen molar-refractivity contribution in [3.05, 3.63) is 52.0 Å². The smallest absolute Gasteiger partial charge is 0.332 e. The zero-order valence-corrected chi connectivity index (χ0v) is 23.4. The summed E-state index contributed by atoms with van der Waals surface area (Å²) in [5.41, 5.74) is 5.21. The molecule has 2 amide bonds. The van der Waals surface area contributed by atoms with Crippen LogP contribution >= 0.6 is 11.3 Å². The molecule has 3 atom stereocenters. The second kappa shape index (κ2) is 9.96. The van der Waals surface area contributed by atoms with Crippen molar-refractivity contribution in [2.45, 2.75) is 90.8 Å². The van der Waals surface area contributed by atoms with Crippen LogP contribution in [0.1, 0.15) is 95.2 Å². The Morgan fingerprint density at radius 1 is 1.14 bits per heavy atom. The molecule has 36 heavy (non-hydrogen) atoms. The van der Waals surface area contributed by atoms with Gasteiger partial charge in [0.15, 0.2) is 0 Å². The fraction of sp³-hybridized carbons (Fsp3) is 0.571. The van der Waals surface area contributed by atoms with E-state index < -0.39 is 35.0 Å². The van der Waals surface area contributed by atoms with Gasteiger partial charge in [-0.15, -0.1) is 11.3 Å². The molecule has 2 N–H and O–H groups in total. The van der Waals surface area contributed by atoms with E-state index in [1.54, 1.807) is 49.4 Å². The Kier molecular flexibility index (Phi) is 7.70. The first-order valence-electron chi connectivity index (χ1n) is 12.4. The highest BCUT2D eigenvalue weighted by molar-refractivity contribution is 7.09. The van der Waals surface area contributed by atoms with E-state index >= 15 is 0 Å². The molecule has 3 rings (SSSR count). The van der Waals surface area contributed by atoms with Crippen LogP contribution < -0.4 is 5.73 Å². The average molecular weight is 514 g/mol. The Balaban J connectivity index is 2.23. The minimum Gasteiger partial charge on any atom is -0.458 e. The third kappa shape index (κ3) is 5.64. The molecule has 196 valence electrons. The summed E-state index contributed by atoms with van der Waals surface area (Å²) in [7, 11) is 0. The normalized spacial score (nSPS) is 22.6. The largest absolute Gasteiger partial charge is 0.458 e. The quantitative estimate of drug-likeness (QED) is 0.531. The first-order valence-corrected chi connectivity index (χ1v) is 13.3. The Morgan fingerprint density at radius 3 is 2.19 bits per heavy atom. The topological polar surface area (TPSA) is 103 Å². The molecule has 0 unspecified atom stereocenters. The Morgan fingerprint density at radius 2 is 1.75 bits per heavy atom. The third-order valence-corrected chi connectivity index (χ3v) is 7.34. The molecule has 8 heteroatoms. The van der Waals surface area contributed by atoms with E-state index in [-0.39, 0.29) is 23.7 Å². The number of primary amides is 1. The predicted molar refractivity (Wildman–Crippen MR) is 141 cm³/mol. The van der Waals surface area contributed by atoms with Gasteiger partial charge in [0.25, 0.3) is 5.91 Å². The molecule has 1 aliphatic heterocycles. The van der Waals surface area contributed by atoms with E-state index in [9.17, 15) is 14.4 Å². The molecule has 1 aromatic heterocycles. The lowest BCUT2D eigenvalue weighted by atomic mass is 9.83. The summed E-state index contributed by atoms with van der Waals surface area (Å²) in [4.78, 5) is 47.0. The standard InChI is InChI=1S/C28H39N3O4S/c1-17(2)15-28(25(34)35-27(6,7)8)16-20(22(29)32)21(23-30-13-14-36-23)31(28)24(33)18-9-11-19(12-10-18)26(3,4)5/h9-14,17,20-21H,15-16H2,1-8H3,(H2,29,32)/t20-,21+,28-/m0/s1. The van der Waals surface area contributed by atoms with Gasteiger partial charge < -0.3 is 15.4 Å². The molecule has 1 fully saturated rings. The maximum Gasteiger partial charge on any atom is 0.332 e. The second-order valence-electron chi connectivity index (χ2n) is 12.2. The van der Waals surface area contributed by atoms with E-state index in [4.69, 9.17) is 10.5 Å². The van der Waals surface area contributed by atoms with Crippen molar-refractivity contribution in [2.75, 3.05) is 0 Å².